The summed E-state index contributed by atoms with van der Waals surface area (Å²) in [5.41, 5.74) is 0.445. The van der Waals surface area contributed by atoms with Gasteiger partial charge in [0.2, 0.25) is 0 Å². The summed E-state index contributed by atoms with van der Waals surface area (Å²) in [7, 11) is 0. The average Bonchev–Trinajstić information content (AvgIpc) is 2.61. The van der Waals surface area contributed by atoms with E-state index in [9.17, 15) is 9.59 Å². The predicted molar refractivity (Wildman–Crippen MR) is 105 cm³/mol. The molecule has 1 aromatic rings. The highest BCUT2D eigenvalue weighted by Gasteiger charge is 2.37. The first kappa shape index (κ1) is 21.3. The second kappa shape index (κ2) is 9.77. The first-order valence-electron chi connectivity index (χ1n) is 10.00. The van der Waals surface area contributed by atoms with Crippen molar-refractivity contribution in [1.29, 1.82) is 0 Å². The van der Waals surface area contributed by atoms with Crippen LogP contribution in [0.2, 0.25) is 0 Å². The Labute approximate surface area is 162 Å². The van der Waals surface area contributed by atoms with Crippen LogP contribution in [0.5, 0.6) is 0 Å². The van der Waals surface area contributed by atoms with Crippen LogP contribution in [0.25, 0.3) is 0 Å². The molecule has 1 aromatic carbocycles. The zero-order valence-electron chi connectivity index (χ0n) is 17.0. The molecule has 1 aliphatic rings. The fraction of sp³-hybridized carbons (Fsp3) is 0.636. The maximum Gasteiger partial charge on any atom is 0.407 e. The highest BCUT2D eigenvalue weighted by Crippen LogP contribution is 2.33. The minimum absolute atomic E-state index is 0.0529. The molecule has 0 bridgehead atoms. The van der Waals surface area contributed by atoms with Gasteiger partial charge >= 0.3 is 12.1 Å². The molecule has 1 aliphatic carbocycles. The minimum Gasteiger partial charge on any atom is -0.461 e. The molecule has 1 N–H and O–H groups in total. The van der Waals surface area contributed by atoms with E-state index in [1.54, 1.807) is 0 Å². The molecular formula is C22H33NO4. The zero-order chi connectivity index (χ0) is 19.9. The van der Waals surface area contributed by atoms with E-state index in [0.717, 1.165) is 31.2 Å². The molecule has 2 rings (SSSR count). The van der Waals surface area contributed by atoms with Gasteiger partial charge in [0, 0.05) is 6.04 Å². The monoisotopic (exact) mass is 375 g/mol. The molecule has 1 saturated carbocycles. The number of carbonyl (C=O) groups excluding carboxylic acids is 2. The molecule has 0 aromatic heterocycles. The number of ether oxygens (including phenoxy) is 2. The van der Waals surface area contributed by atoms with Gasteiger partial charge in [-0.05, 0) is 51.5 Å². The topological polar surface area (TPSA) is 64.6 Å². The first-order chi connectivity index (χ1) is 12.8. The largest absolute Gasteiger partial charge is 0.461 e. The van der Waals surface area contributed by atoms with Gasteiger partial charge in [0.1, 0.15) is 12.2 Å². The standard InChI is InChI=1S/C22H33NO4/c1-5-17(20(24)26-15-16-11-7-6-8-12-16)18-13-9-10-14-19(18)23-21(25)27-22(2,3)4/h6-8,11-12,17-19H,5,9-10,13-15H2,1-4H3,(H,23,25)/t17-,18-,19-/m0/s1. The molecule has 0 unspecified atom stereocenters. The second-order valence-corrected chi connectivity index (χ2v) is 8.31. The lowest BCUT2D eigenvalue weighted by Crippen LogP contribution is -2.48. The number of hydrogen-bond donors (Lipinski definition) is 1. The van der Waals surface area contributed by atoms with Crippen LogP contribution in [0.1, 0.15) is 65.4 Å². The van der Waals surface area contributed by atoms with Crippen molar-refractivity contribution in [2.75, 3.05) is 0 Å². The van der Waals surface area contributed by atoms with Gasteiger partial charge in [0.05, 0.1) is 5.92 Å². The predicted octanol–water partition coefficient (Wildman–Crippen LogP) is 4.84. The molecule has 0 spiro atoms. The van der Waals surface area contributed by atoms with Crippen molar-refractivity contribution in [3.63, 3.8) is 0 Å². The lowest BCUT2D eigenvalue weighted by molar-refractivity contribution is -0.153. The molecule has 1 amide bonds. The van der Waals surface area contributed by atoms with Crippen LogP contribution in [0.15, 0.2) is 30.3 Å². The van der Waals surface area contributed by atoms with Gasteiger partial charge in [-0.1, -0.05) is 50.1 Å². The second-order valence-electron chi connectivity index (χ2n) is 8.31. The summed E-state index contributed by atoms with van der Waals surface area (Å²) in [6.45, 7) is 7.84. The number of hydrogen-bond acceptors (Lipinski definition) is 4. The van der Waals surface area contributed by atoms with Crippen LogP contribution in [0.3, 0.4) is 0 Å². The molecule has 1 fully saturated rings. The summed E-state index contributed by atoms with van der Waals surface area (Å²) in [5.74, 6) is -0.308. The Kier molecular flexibility index (Phi) is 7.69. The van der Waals surface area contributed by atoms with Gasteiger partial charge in [-0.15, -0.1) is 0 Å². The normalized spacial score (nSPS) is 21.2. The first-order valence-corrected chi connectivity index (χ1v) is 10.00. The van der Waals surface area contributed by atoms with Crippen molar-refractivity contribution >= 4 is 12.1 Å². The van der Waals surface area contributed by atoms with E-state index in [-0.39, 0.29) is 30.5 Å². The SMILES string of the molecule is CC[C@H](C(=O)OCc1ccccc1)[C@@H]1CCCC[C@@H]1NC(=O)OC(C)(C)C. The summed E-state index contributed by atoms with van der Waals surface area (Å²) in [4.78, 5) is 25.0. The van der Waals surface area contributed by atoms with Gasteiger partial charge in [-0.2, -0.15) is 0 Å². The summed E-state index contributed by atoms with van der Waals surface area (Å²) >= 11 is 0. The van der Waals surface area contributed by atoms with Crippen molar-refractivity contribution in [3.8, 4) is 0 Å². The molecular weight excluding hydrogens is 342 g/mol. The summed E-state index contributed by atoms with van der Waals surface area (Å²) in [5, 5.41) is 3.00. The number of amides is 1. The Balaban J connectivity index is 1.98. The van der Waals surface area contributed by atoms with Crippen molar-refractivity contribution in [2.24, 2.45) is 11.8 Å². The van der Waals surface area contributed by atoms with E-state index in [1.165, 1.54) is 0 Å². The molecule has 27 heavy (non-hydrogen) atoms. The number of carbonyl (C=O) groups is 2. The van der Waals surface area contributed by atoms with Crippen LogP contribution in [-0.2, 0) is 20.9 Å². The summed E-state index contributed by atoms with van der Waals surface area (Å²) < 4.78 is 11.0. The molecule has 5 nitrogen and oxygen atoms in total. The van der Waals surface area contributed by atoms with Crippen molar-refractivity contribution in [1.82, 2.24) is 5.32 Å². The number of nitrogens with one attached hydrogen (secondary N) is 1. The van der Waals surface area contributed by atoms with Crippen LogP contribution in [-0.4, -0.2) is 23.7 Å². The van der Waals surface area contributed by atoms with Crippen molar-refractivity contribution in [3.05, 3.63) is 35.9 Å². The van der Waals surface area contributed by atoms with Gasteiger partial charge in [0.25, 0.3) is 0 Å². The van der Waals surface area contributed by atoms with Gasteiger partial charge in [-0.3, -0.25) is 4.79 Å². The molecule has 3 atom stereocenters. The maximum atomic E-state index is 12.7. The van der Waals surface area contributed by atoms with Gasteiger partial charge < -0.3 is 14.8 Å². The van der Waals surface area contributed by atoms with E-state index in [2.05, 4.69) is 5.32 Å². The third-order valence-electron chi connectivity index (χ3n) is 5.00. The fourth-order valence-corrected chi connectivity index (χ4v) is 3.76. The Morgan fingerprint density at radius 2 is 1.81 bits per heavy atom. The van der Waals surface area contributed by atoms with E-state index < -0.39 is 11.7 Å². The maximum absolute atomic E-state index is 12.7. The smallest absolute Gasteiger partial charge is 0.407 e. The number of esters is 1. The number of rotatable bonds is 6. The number of benzene rings is 1. The average molecular weight is 376 g/mol. The van der Waals surface area contributed by atoms with Crippen molar-refractivity contribution < 1.29 is 19.1 Å². The third-order valence-corrected chi connectivity index (χ3v) is 5.00. The molecule has 0 heterocycles. The van der Waals surface area contributed by atoms with Crippen LogP contribution in [0, 0.1) is 11.8 Å². The summed E-state index contributed by atoms with van der Waals surface area (Å²) in [6.07, 6.45) is 4.19. The Bertz CT molecular complexity index is 608. The Morgan fingerprint density at radius 1 is 1.15 bits per heavy atom. The minimum atomic E-state index is -0.535. The fourth-order valence-electron chi connectivity index (χ4n) is 3.76. The molecule has 150 valence electrons. The molecule has 0 saturated heterocycles. The van der Waals surface area contributed by atoms with Crippen LogP contribution in [0.4, 0.5) is 4.79 Å². The molecule has 5 heteroatoms. The third kappa shape index (κ3) is 6.89. The van der Waals surface area contributed by atoms with E-state index in [0.29, 0.717) is 6.42 Å². The number of alkyl carbamates (subject to hydrolysis) is 1. The summed E-state index contributed by atoms with van der Waals surface area (Å²) in [6, 6.07) is 9.64. The van der Waals surface area contributed by atoms with Crippen LogP contribution >= 0.6 is 0 Å². The lowest BCUT2D eigenvalue weighted by Gasteiger charge is -2.36. The van der Waals surface area contributed by atoms with Gasteiger partial charge in [0.15, 0.2) is 0 Å². The quantitative estimate of drug-likeness (QED) is 0.723. The molecule has 0 radical (unpaired) electrons. The van der Waals surface area contributed by atoms with E-state index >= 15 is 0 Å². The highest BCUT2D eigenvalue weighted by atomic mass is 16.6. The molecule has 0 aliphatic heterocycles. The van der Waals surface area contributed by atoms with Crippen LogP contribution < -0.4 is 5.32 Å². The Hall–Kier alpha value is -2.04. The highest BCUT2D eigenvalue weighted by molar-refractivity contribution is 5.73. The van der Waals surface area contributed by atoms with E-state index in [4.69, 9.17) is 9.47 Å². The van der Waals surface area contributed by atoms with Crippen molar-refractivity contribution in [2.45, 2.75) is 78.0 Å². The van der Waals surface area contributed by atoms with Gasteiger partial charge in [-0.25, -0.2) is 4.79 Å². The zero-order valence-corrected chi connectivity index (χ0v) is 17.0. The lowest BCUT2D eigenvalue weighted by atomic mass is 9.75. The Morgan fingerprint density at radius 3 is 2.44 bits per heavy atom. The van der Waals surface area contributed by atoms with E-state index in [1.807, 2.05) is 58.0 Å².